The van der Waals surface area contributed by atoms with Gasteiger partial charge >= 0.3 is 0 Å². The molecule has 2 aromatic carbocycles. The minimum Gasteiger partial charge on any atom is -0.337 e. The number of anilines is 2. The molecule has 0 amide bonds. The van der Waals surface area contributed by atoms with Gasteiger partial charge in [-0.1, -0.05) is 22.9 Å². The second-order valence-corrected chi connectivity index (χ2v) is 10.1. The first-order valence-corrected chi connectivity index (χ1v) is 11.6. The highest BCUT2D eigenvalue weighted by Crippen LogP contribution is 2.24. The van der Waals surface area contributed by atoms with Crippen molar-refractivity contribution >= 4 is 31.6 Å². The van der Waals surface area contributed by atoms with Gasteiger partial charge in [-0.25, -0.2) is 21.6 Å². The van der Waals surface area contributed by atoms with E-state index < -0.39 is 20.0 Å². The van der Waals surface area contributed by atoms with E-state index in [1.165, 1.54) is 30.3 Å². The molecule has 0 aliphatic carbocycles. The molecule has 0 atom stereocenters. The summed E-state index contributed by atoms with van der Waals surface area (Å²) in [5, 5.41) is 3.71. The number of hydrogen-bond donors (Lipinski definition) is 2. The standard InChI is InChI=1S/C19H21N3O5S2/c1-12-5-10-18(13(2)11-12)29(25,26)21-16-6-8-17(9-7-16)28(23,24)22-19-14(3)15(4)20-27-19/h5-11,21-22H,1-4H3. The van der Waals surface area contributed by atoms with Crippen molar-refractivity contribution < 1.29 is 21.4 Å². The largest absolute Gasteiger partial charge is 0.337 e. The molecule has 0 saturated carbocycles. The molecule has 0 fully saturated rings. The Morgan fingerprint density at radius 2 is 1.48 bits per heavy atom. The molecule has 29 heavy (non-hydrogen) atoms. The zero-order valence-electron chi connectivity index (χ0n) is 16.3. The SMILES string of the molecule is Cc1ccc(S(=O)(=O)Nc2ccc(S(=O)(=O)Nc3onc(C)c3C)cc2)c(C)c1. The minimum atomic E-state index is -3.91. The van der Waals surface area contributed by atoms with Gasteiger partial charge < -0.3 is 4.52 Å². The summed E-state index contributed by atoms with van der Waals surface area (Å²) in [5.41, 5.74) is 3.00. The van der Waals surface area contributed by atoms with E-state index >= 15 is 0 Å². The number of nitrogens with zero attached hydrogens (tertiary/aromatic N) is 1. The molecule has 1 heterocycles. The van der Waals surface area contributed by atoms with Crippen LogP contribution in [0.15, 0.2) is 56.8 Å². The van der Waals surface area contributed by atoms with Gasteiger partial charge in [-0.3, -0.25) is 4.72 Å². The van der Waals surface area contributed by atoms with Crippen molar-refractivity contribution in [3.63, 3.8) is 0 Å². The topological polar surface area (TPSA) is 118 Å². The van der Waals surface area contributed by atoms with Crippen LogP contribution in [0.3, 0.4) is 0 Å². The lowest BCUT2D eigenvalue weighted by Gasteiger charge is -2.12. The lowest BCUT2D eigenvalue weighted by Crippen LogP contribution is -2.15. The van der Waals surface area contributed by atoms with Gasteiger partial charge in [0, 0.05) is 11.3 Å². The molecule has 8 nitrogen and oxygen atoms in total. The zero-order valence-corrected chi connectivity index (χ0v) is 18.0. The number of hydrogen-bond acceptors (Lipinski definition) is 6. The van der Waals surface area contributed by atoms with Crippen LogP contribution in [0, 0.1) is 27.7 Å². The number of benzene rings is 2. The Morgan fingerprint density at radius 3 is 2.03 bits per heavy atom. The molecule has 0 unspecified atom stereocenters. The summed E-state index contributed by atoms with van der Waals surface area (Å²) >= 11 is 0. The zero-order chi connectivity index (χ0) is 21.4. The van der Waals surface area contributed by atoms with Gasteiger partial charge in [-0.05, 0) is 63.6 Å². The van der Waals surface area contributed by atoms with Crippen LogP contribution >= 0.6 is 0 Å². The van der Waals surface area contributed by atoms with E-state index in [9.17, 15) is 16.8 Å². The second-order valence-electron chi connectivity index (χ2n) is 6.73. The fourth-order valence-corrected chi connectivity index (χ4v) is 5.04. The molecule has 0 bridgehead atoms. The van der Waals surface area contributed by atoms with Crippen LogP contribution in [0.5, 0.6) is 0 Å². The van der Waals surface area contributed by atoms with Crippen LogP contribution < -0.4 is 9.44 Å². The predicted octanol–water partition coefficient (Wildman–Crippen LogP) is 3.51. The van der Waals surface area contributed by atoms with E-state index in [-0.39, 0.29) is 21.4 Å². The summed E-state index contributed by atoms with van der Waals surface area (Å²) in [7, 11) is -7.71. The Balaban J connectivity index is 1.81. The maximum atomic E-state index is 12.6. The summed E-state index contributed by atoms with van der Waals surface area (Å²) in [4.78, 5) is 0.123. The summed E-state index contributed by atoms with van der Waals surface area (Å²) in [6.45, 7) is 6.99. The van der Waals surface area contributed by atoms with Gasteiger partial charge in [-0.2, -0.15) is 0 Å². The monoisotopic (exact) mass is 435 g/mol. The fraction of sp³-hybridized carbons (Fsp3) is 0.211. The Morgan fingerprint density at radius 1 is 0.828 bits per heavy atom. The molecular weight excluding hydrogens is 414 g/mol. The Kier molecular flexibility index (Phi) is 5.42. The number of aryl methyl sites for hydroxylation is 3. The molecule has 0 radical (unpaired) electrons. The quantitative estimate of drug-likeness (QED) is 0.612. The van der Waals surface area contributed by atoms with Gasteiger partial charge in [0.15, 0.2) is 0 Å². The number of rotatable bonds is 6. The lowest BCUT2D eigenvalue weighted by atomic mass is 10.2. The van der Waals surface area contributed by atoms with Crippen molar-refractivity contribution in [3.8, 4) is 0 Å². The van der Waals surface area contributed by atoms with Gasteiger partial charge in [0.25, 0.3) is 20.0 Å². The summed E-state index contributed by atoms with van der Waals surface area (Å²) in [5.74, 6) is 0.0436. The molecule has 10 heteroatoms. The van der Waals surface area contributed by atoms with Gasteiger partial charge in [0.05, 0.1) is 15.5 Å². The lowest BCUT2D eigenvalue weighted by molar-refractivity contribution is 0.430. The Hall–Kier alpha value is -2.85. The number of aromatic nitrogens is 1. The molecule has 1 aromatic heterocycles. The molecule has 0 saturated heterocycles. The first-order chi connectivity index (χ1) is 13.5. The van der Waals surface area contributed by atoms with Crippen molar-refractivity contribution in [2.75, 3.05) is 9.44 Å². The third kappa shape index (κ3) is 4.43. The van der Waals surface area contributed by atoms with E-state index in [2.05, 4.69) is 14.6 Å². The second kappa shape index (κ2) is 7.53. The van der Waals surface area contributed by atoms with Crippen molar-refractivity contribution in [1.82, 2.24) is 5.16 Å². The smallest absolute Gasteiger partial charge is 0.264 e. The van der Waals surface area contributed by atoms with E-state index in [1.807, 2.05) is 6.92 Å². The molecule has 3 rings (SSSR count). The van der Waals surface area contributed by atoms with E-state index in [0.717, 1.165) is 5.56 Å². The molecule has 0 aliphatic rings. The molecule has 3 aromatic rings. The normalized spacial score (nSPS) is 12.0. The maximum Gasteiger partial charge on any atom is 0.264 e. The predicted molar refractivity (Wildman–Crippen MR) is 110 cm³/mol. The number of nitrogens with one attached hydrogen (secondary N) is 2. The average molecular weight is 436 g/mol. The molecule has 0 spiro atoms. The van der Waals surface area contributed by atoms with Crippen molar-refractivity contribution in [2.24, 2.45) is 0 Å². The fourth-order valence-electron chi connectivity index (χ4n) is 2.70. The summed E-state index contributed by atoms with van der Waals surface area (Å²) in [6.07, 6.45) is 0. The van der Waals surface area contributed by atoms with E-state index in [0.29, 0.717) is 16.8 Å². The Bertz CT molecular complexity index is 1260. The highest BCUT2D eigenvalue weighted by atomic mass is 32.2. The first-order valence-electron chi connectivity index (χ1n) is 8.65. The summed E-state index contributed by atoms with van der Waals surface area (Å²) < 4.78 is 60.1. The maximum absolute atomic E-state index is 12.6. The average Bonchev–Trinajstić information content (AvgIpc) is 2.93. The van der Waals surface area contributed by atoms with Gasteiger partial charge in [0.1, 0.15) is 0 Å². The number of sulfonamides is 2. The third-order valence-electron chi connectivity index (χ3n) is 4.42. The minimum absolute atomic E-state index is 0.0413. The molecular formula is C19H21N3O5S2. The first kappa shape index (κ1) is 20.9. The molecule has 154 valence electrons. The Labute approximate surface area is 170 Å². The summed E-state index contributed by atoms with van der Waals surface area (Å²) in [6, 6.07) is 10.4. The van der Waals surface area contributed by atoms with Gasteiger partial charge in [-0.15, -0.1) is 0 Å². The van der Waals surface area contributed by atoms with Crippen LogP contribution in [-0.4, -0.2) is 22.0 Å². The van der Waals surface area contributed by atoms with E-state index in [1.54, 1.807) is 32.9 Å². The highest BCUT2D eigenvalue weighted by molar-refractivity contribution is 7.93. The third-order valence-corrected chi connectivity index (χ3v) is 7.31. The van der Waals surface area contributed by atoms with Crippen molar-refractivity contribution in [3.05, 3.63) is 64.8 Å². The molecule has 0 aliphatic heterocycles. The van der Waals surface area contributed by atoms with Crippen molar-refractivity contribution in [1.29, 1.82) is 0 Å². The van der Waals surface area contributed by atoms with E-state index in [4.69, 9.17) is 4.52 Å². The van der Waals surface area contributed by atoms with Gasteiger partial charge in [0.2, 0.25) is 5.88 Å². The van der Waals surface area contributed by atoms with Crippen LogP contribution in [0.1, 0.15) is 22.4 Å². The van der Waals surface area contributed by atoms with Crippen LogP contribution in [0.25, 0.3) is 0 Å². The van der Waals surface area contributed by atoms with Crippen LogP contribution in [0.4, 0.5) is 11.6 Å². The highest BCUT2D eigenvalue weighted by Gasteiger charge is 2.20. The van der Waals surface area contributed by atoms with Crippen LogP contribution in [-0.2, 0) is 20.0 Å². The van der Waals surface area contributed by atoms with Crippen molar-refractivity contribution in [2.45, 2.75) is 37.5 Å². The van der Waals surface area contributed by atoms with Crippen LogP contribution in [0.2, 0.25) is 0 Å². The molecule has 2 N–H and O–H groups in total.